The first-order chi connectivity index (χ1) is 6.74. The molecule has 0 spiro atoms. The predicted octanol–water partition coefficient (Wildman–Crippen LogP) is 1.52. The Morgan fingerprint density at radius 1 is 1.36 bits per heavy atom. The van der Waals surface area contributed by atoms with E-state index in [1.807, 2.05) is 6.92 Å². The zero-order chi connectivity index (χ0) is 10.4. The van der Waals surface area contributed by atoms with Crippen LogP contribution in [0, 0.1) is 0 Å². The first-order valence-corrected chi connectivity index (χ1v) is 5.67. The van der Waals surface area contributed by atoms with Crippen LogP contribution in [0.15, 0.2) is 0 Å². The Labute approximate surface area is 87.4 Å². The molecular weight excluding hydrogens is 178 g/mol. The second-order valence-corrected chi connectivity index (χ2v) is 4.07. The Morgan fingerprint density at radius 3 is 2.71 bits per heavy atom. The van der Waals surface area contributed by atoms with E-state index in [9.17, 15) is 0 Å². The van der Waals surface area contributed by atoms with E-state index in [0.29, 0.717) is 12.1 Å². The van der Waals surface area contributed by atoms with Gasteiger partial charge in [-0.25, -0.2) is 0 Å². The van der Waals surface area contributed by atoms with Gasteiger partial charge in [0.25, 0.3) is 0 Å². The number of hydrogen-bond donors (Lipinski definition) is 0. The average molecular weight is 201 g/mol. The lowest BCUT2D eigenvalue weighted by molar-refractivity contribution is 0.0108. The average Bonchev–Trinajstić information content (AvgIpc) is 2.61. The predicted molar refractivity (Wildman–Crippen MR) is 57.6 cm³/mol. The van der Waals surface area contributed by atoms with Crippen molar-refractivity contribution in [1.29, 1.82) is 0 Å². The van der Waals surface area contributed by atoms with Crippen LogP contribution in [0.4, 0.5) is 0 Å². The number of likely N-dealkylation sites (tertiary alicyclic amines) is 1. The third-order valence-electron chi connectivity index (χ3n) is 2.69. The standard InChI is InChI=1S/C11H23NO2/c1-4-13-7-8-14-11-5-6-12(9-11)10(2)3/h10-11H,4-9H2,1-3H3/t11-/m0/s1. The molecule has 0 bridgehead atoms. The zero-order valence-corrected chi connectivity index (χ0v) is 9.66. The number of rotatable bonds is 6. The molecule has 1 fully saturated rings. The maximum absolute atomic E-state index is 5.72. The van der Waals surface area contributed by atoms with Gasteiger partial charge in [0.1, 0.15) is 0 Å². The van der Waals surface area contributed by atoms with Gasteiger partial charge in [0.05, 0.1) is 19.3 Å². The molecule has 0 radical (unpaired) electrons. The molecule has 1 aliphatic rings. The molecule has 1 rings (SSSR count). The highest BCUT2D eigenvalue weighted by atomic mass is 16.5. The summed E-state index contributed by atoms with van der Waals surface area (Å²) in [5.74, 6) is 0. The molecule has 1 heterocycles. The third-order valence-corrected chi connectivity index (χ3v) is 2.69. The maximum atomic E-state index is 5.72. The fourth-order valence-electron chi connectivity index (χ4n) is 1.78. The second kappa shape index (κ2) is 6.38. The highest BCUT2D eigenvalue weighted by Gasteiger charge is 2.24. The van der Waals surface area contributed by atoms with Crippen LogP contribution in [0.2, 0.25) is 0 Å². The first kappa shape index (κ1) is 12.0. The van der Waals surface area contributed by atoms with Gasteiger partial charge in [0.15, 0.2) is 0 Å². The fraction of sp³-hybridized carbons (Fsp3) is 1.00. The molecular formula is C11H23NO2. The smallest absolute Gasteiger partial charge is 0.0715 e. The van der Waals surface area contributed by atoms with Crippen LogP contribution in [-0.4, -0.2) is 50.0 Å². The van der Waals surface area contributed by atoms with Gasteiger partial charge in [-0.05, 0) is 27.2 Å². The van der Waals surface area contributed by atoms with Gasteiger partial charge in [-0.1, -0.05) is 0 Å². The molecule has 0 aliphatic carbocycles. The fourth-order valence-corrected chi connectivity index (χ4v) is 1.78. The normalized spacial score (nSPS) is 23.6. The summed E-state index contributed by atoms with van der Waals surface area (Å²) in [6.45, 7) is 11.0. The molecule has 1 atom stereocenters. The molecule has 14 heavy (non-hydrogen) atoms. The third kappa shape index (κ3) is 3.95. The van der Waals surface area contributed by atoms with Crippen molar-refractivity contribution in [2.75, 3.05) is 32.9 Å². The summed E-state index contributed by atoms with van der Waals surface area (Å²) >= 11 is 0. The molecule has 0 aromatic heterocycles. The van der Waals surface area contributed by atoms with E-state index in [2.05, 4.69) is 18.7 Å². The van der Waals surface area contributed by atoms with E-state index in [1.54, 1.807) is 0 Å². The van der Waals surface area contributed by atoms with E-state index in [0.717, 1.165) is 26.4 Å². The highest BCUT2D eigenvalue weighted by molar-refractivity contribution is 4.78. The van der Waals surface area contributed by atoms with E-state index in [4.69, 9.17) is 9.47 Å². The minimum Gasteiger partial charge on any atom is -0.379 e. The van der Waals surface area contributed by atoms with Crippen molar-refractivity contribution >= 4 is 0 Å². The largest absolute Gasteiger partial charge is 0.379 e. The summed E-state index contributed by atoms with van der Waals surface area (Å²) in [4.78, 5) is 2.46. The zero-order valence-electron chi connectivity index (χ0n) is 9.66. The molecule has 84 valence electrons. The number of nitrogens with zero attached hydrogens (tertiary/aromatic N) is 1. The molecule has 0 saturated carbocycles. The van der Waals surface area contributed by atoms with Crippen LogP contribution in [0.3, 0.4) is 0 Å². The topological polar surface area (TPSA) is 21.7 Å². The van der Waals surface area contributed by atoms with Gasteiger partial charge in [-0.3, -0.25) is 4.90 Å². The van der Waals surface area contributed by atoms with Crippen LogP contribution in [0.5, 0.6) is 0 Å². The highest BCUT2D eigenvalue weighted by Crippen LogP contribution is 2.14. The SMILES string of the molecule is CCOCCO[C@H]1CCN(C(C)C)C1. The quantitative estimate of drug-likeness (QED) is 0.608. The number of ether oxygens (including phenoxy) is 2. The van der Waals surface area contributed by atoms with Crippen molar-refractivity contribution in [3.05, 3.63) is 0 Å². The first-order valence-electron chi connectivity index (χ1n) is 5.67. The summed E-state index contributed by atoms with van der Waals surface area (Å²) < 4.78 is 10.9. The maximum Gasteiger partial charge on any atom is 0.0715 e. The Hall–Kier alpha value is -0.120. The van der Waals surface area contributed by atoms with Crippen LogP contribution in [-0.2, 0) is 9.47 Å². The van der Waals surface area contributed by atoms with Crippen LogP contribution in [0.25, 0.3) is 0 Å². The molecule has 0 N–H and O–H groups in total. The van der Waals surface area contributed by atoms with Gasteiger partial charge in [-0.15, -0.1) is 0 Å². The van der Waals surface area contributed by atoms with Crippen molar-refractivity contribution in [3.8, 4) is 0 Å². The van der Waals surface area contributed by atoms with Crippen LogP contribution >= 0.6 is 0 Å². The molecule has 1 saturated heterocycles. The van der Waals surface area contributed by atoms with E-state index in [-0.39, 0.29) is 0 Å². The van der Waals surface area contributed by atoms with Gasteiger partial charge in [0, 0.05) is 25.7 Å². The van der Waals surface area contributed by atoms with Crippen molar-refractivity contribution in [2.24, 2.45) is 0 Å². The lowest BCUT2D eigenvalue weighted by Gasteiger charge is -2.20. The van der Waals surface area contributed by atoms with E-state index >= 15 is 0 Å². The Bertz CT molecular complexity index is 150. The summed E-state index contributed by atoms with van der Waals surface area (Å²) in [6, 6.07) is 0.649. The van der Waals surface area contributed by atoms with E-state index < -0.39 is 0 Å². The lowest BCUT2D eigenvalue weighted by Crippen LogP contribution is -2.30. The Morgan fingerprint density at radius 2 is 2.14 bits per heavy atom. The molecule has 3 heteroatoms. The molecule has 3 nitrogen and oxygen atoms in total. The summed E-state index contributed by atoms with van der Waals surface area (Å²) in [5, 5.41) is 0. The Kier molecular flexibility index (Phi) is 5.45. The molecule has 0 aromatic rings. The number of hydrogen-bond acceptors (Lipinski definition) is 3. The van der Waals surface area contributed by atoms with Gasteiger partial charge >= 0.3 is 0 Å². The van der Waals surface area contributed by atoms with Crippen LogP contribution < -0.4 is 0 Å². The van der Waals surface area contributed by atoms with Gasteiger partial charge in [0.2, 0.25) is 0 Å². The summed E-state index contributed by atoms with van der Waals surface area (Å²) in [5.41, 5.74) is 0. The molecule has 0 amide bonds. The Balaban J connectivity index is 2.04. The second-order valence-electron chi connectivity index (χ2n) is 4.07. The van der Waals surface area contributed by atoms with Crippen molar-refractivity contribution < 1.29 is 9.47 Å². The van der Waals surface area contributed by atoms with Crippen LogP contribution in [0.1, 0.15) is 27.2 Å². The van der Waals surface area contributed by atoms with Crippen molar-refractivity contribution in [1.82, 2.24) is 4.90 Å². The minimum atomic E-state index is 0.429. The lowest BCUT2D eigenvalue weighted by atomic mass is 10.3. The molecule has 0 unspecified atom stereocenters. The monoisotopic (exact) mass is 201 g/mol. The summed E-state index contributed by atoms with van der Waals surface area (Å²) in [6.07, 6.45) is 1.60. The minimum absolute atomic E-state index is 0.429. The molecule has 0 aromatic carbocycles. The van der Waals surface area contributed by atoms with Gasteiger partial charge in [-0.2, -0.15) is 0 Å². The van der Waals surface area contributed by atoms with Crippen molar-refractivity contribution in [2.45, 2.75) is 39.3 Å². The van der Waals surface area contributed by atoms with E-state index in [1.165, 1.54) is 13.0 Å². The van der Waals surface area contributed by atoms with Gasteiger partial charge < -0.3 is 9.47 Å². The summed E-state index contributed by atoms with van der Waals surface area (Å²) in [7, 11) is 0. The molecule has 1 aliphatic heterocycles. The van der Waals surface area contributed by atoms with Crippen molar-refractivity contribution in [3.63, 3.8) is 0 Å².